The number of sulfonamides is 1. The van der Waals surface area contributed by atoms with E-state index in [2.05, 4.69) is 4.72 Å². The van der Waals surface area contributed by atoms with Crippen molar-refractivity contribution in [3.05, 3.63) is 101 Å². The van der Waals surface area contributed by atoms with Crippen molar-refractivity contribution in [2.24, 2.45) is 0 Å². The lowest BCUT2D eigenvalue weighted by Gasteiger charge is -2.13. The van der Waals surface area contributed by atoms with E-state index in [-0.39, 0.29) is 22.8 Å². The first kappa shape index (κ1) is 18.2. The maximum atomic E-state index is 12.8. The molecule has 0 radical (unpaired) electrons. The van der Waals surface area contributed by atoms with Crippen LogP contribution in [0.1, 0.15) is 21.5 Å². The number of benzene rings is 3. The van der Waals surface area contributed by atoms with Crippen LogP contribution in [0.5, 0.6) is 0 Å². The highest BCUT2D eigenvalue weighted by Crippen LogP contribution is 2.25. The standard InChI is InChI=1S/C20H16ClNO3S/c21-17-11-12-19(18(13-17)20(23)16-9-5-2-6-10-16)22-26(24,25)14-15-7-3-1-4-8-15/h1-13,22H,14H2. The minimum Gasteiger partial charge on any atom is -0.289 e. The molecule has 0 aromatic heterocycles. The Labute approximate surface area is 157 Å². The summed E-state index contributed by atoms with van der Waals surface area (Å²) in [5.41, 5.74) is 1.53. The second kappa shape index (κ2) is 7.72. The van der Waals surface area contributed by atoms with Gasteiger partial charge < -0.3 is 0 Å². The van der Waals surface area contributed by atoms with E-state index in [1.807, 2.05) is 6.07 Å². The second-order valence-electron chi connectivity index (χ2n) is 5.73. The summed E-state index contributed by atoms with van der Waals surface area (Å²) in [6.45, 7) is 0. The molecule has 0 spiro atoms. The molecule has 0 aliphatic carbocycles. The Morgan fingerprint density at radius 3 is 2.15 bits per heavy atom. The van der Waals surface area contributed by atoms with Gasteiger partial charge in [-0.3, -0.25) is 9.52 Å². The van der Waals surface area contributed by atoms with Crippen LogP contribution in [0.15, 0.2) is 78.9 Å². The monoisotopic (exact) mass is 385 g/mol. The van der Waals surface area contributed by atoms with Gasteiger partial charge in [0.1, 0.15) is 0 Å². The number of nitrogens with one attached hydrogen (secondary N) is 1. The van der Waals surface area contributed by atoms with Crippen molar-refractivity contribution in [1.82, 2.24) is 0 Å². The molecular formula is C20H16ClNO3S. The first-order valence-electron chi connectivity index (χ1n) is 7.88. The average Bonchev–Trinajstić information content (AvgIpc) is 2.63. The minimum atomic E-state index is -3.68. The van der Waals surface area contributed by atoms with E-state index < -0.39 is 10.0 Å². The molecule has 0 saturated heterocycles. The van der Waals surface area contributed by atoms with E-state index in [4.69, 9.17) is 11.6 Å². The van der Waals surface area contributed by atoms with Crippen molar-refractivity contribution in [2.75, 3.05) is 4.72 Å². The number of anilines is 1. The zero-order valence-electron chi connectivity index (χ0n) is 13.7. The molecule has 0 aliphatic heterocycles. The number of hydrogen-bond acceptors (Lipinski definition) is 3. The van der Waals surface area contributed by atoms with Gasteiger partial charge in [0, 0.05) is 16.1 Å². The Hall–Kier alpha value is -2.63. The molecule has 0 fully saturated rings. The molecule has 0 bridgehead atoms. The minimum absolute atomic E-state index is 0.185. The maximum Gasteiger partial charge on any atom is 0.236 e. The lowest BCUT2D eigenvalue weighted by atomic mass is 10.0. The lowest BCUT2D eigenvalue weighted by Crippen LogP contribution is -2.17. The summed E-state index contributed by atoms with van der Waals surface area (Å²) in [4.78, 5) is 12.8. The fourth-order valence-electron chi connectivity index (χ4n) is 2.54. The summed E-state index contributed by atoms with van der Waals surface area (Å²) in [6.07, 6.45) is 0. The Bertz CT molecular complexity index is 1020. The predicted molar refractivity (Wildman–Crippen MR) is 104 cm³/mol. The predicted octanol–water partition coefficient (Wildman–Crippen LogP) is 4.51. The molecule has 6 heteroatoms. The number of ketones is 1. The first-order chi connectivity index (χ1) is 12.4. The third-order valence-electron chi connectivity index (χ3n) is 3.73. The molecule has 0 amide bonds. The number of carbonyl (C=O) groups is 1. The van der Waals surface area contributed by atoms with Gasteiger partial charge >= 0.3 is 0 Å². The highest BCUT2D eigenvalue weighted by Gasteiger charge is 2.19. The first-order valence-corrected chi connectivity index (χ1v) is 9.91. The SMILES string of the molecule is O=C(c1ccccc1)c1cc(Cl)ccc1NS(=O)(=O)Cc1ccccc1. The van der Waals surface area contributed by atoms with Crippen molar-refractivity contribution in [3.8, 4) is 0 Å². The Morgan fingerprint density at radius 2 is 1.50 bits per heavy atom. The highest BCUT2D eigenvalue weighted by atomic mass is 35.5. The van der Waals surface area contributed by atoms with Crippen molar-refractivity contribution in [2.45, 2.75) is 5.75 Å². The number of rotatable bonds is 6. The van der Waals surface area contributed by atoms with Crippen molar-refractivity contribution in [3.63, 3.8) is 0 Å². The zero-order chi connectivity index (χ0) is 18.6. The molecule has 0 saturated carbocycles. The average molecular weight is 386 g/mol. The van der Waals surface area contributed by atoms with Gasteiger partial charge in [-0.1, -0.05) is 72.3 Å². The van der Waals surface area contributed by atoms with E-state index in [9.17, 15) is 13.2 Å². The van der Waals surface area contributed by atoms with Crippen LogP contribution in [0.2, 0.25) is 5.02 Å². The molecule has 132 valence electrons. The van der Waals surface area contributed by atoms with Crippen LogP contribution in [-0.2, 0) is 15.8 Å². The fourth-order valence-corrected chi connectivity index (χ4v) is 3.92. The van der Waals surface area contributed by atoms with Crippen LogP contribution in [0, 0.1) is 0 Å². The smallest absolute Gasteiger partial charge is 0.236 e. The third-order valence-corrected chi connectivity index (χ3v) is 5.21. The van der Waals surface area contributed by atoms with Gasteiger partial charge in [-0.2, -0.15) is 0 Å². The topological polar surface area (TPSA) is 63.2 Å². The zero-order valence-corrected chi connectivity index (χ0v) is 15.3. The van der Waals surface area contributed by atoms with E-state index in [0.29, 0.717) is 16.1 Å². The summed E-state index contributed by atoms with van der Waals surface area (Å²) < 4.78 is 27.5. The highest BCUT2D eigenvalue weighted by molar-refractivity contribution is 7.91. The van der Waals surface area contributed by atoms with Gasteiger partial charge in [0.2, 0.25) is 10.0 Å². The summed E-state index contributed by atoms with van der Waals surface area (Å²) >= 11 is 6.02. The van der Waals surface area contributed by atoms with E-state index in [1.165, 1.54) is 12.1 Å². The van der Waals surface area contributed by atoms with Crippen molar-refractivity contribution < 1.29 is 13.2 Å². The third kappa shape index (κ3) is 4.50. The molecule has 3 aromatic carbocycles. The van der Waals surface area contributed by atoms with Crippen LogP contribution < -0.4 is 4.72 Å². The lowest BCUT2D eigenvalue weighted by molar-refractivity contribution is 0.103. The summed E-state index contributed by atoms with van der Waals surface area (Å²) in [5, 5.41) is 0.357. The molecular weight excluding hydrogens is 370 g/mol. The molecule has 3 aromatic rings. The van der Waals surface area contributed by atoms with E-state index in [1.54, 1.807) is 60.7 Å². The van der Waals surface area contributed by atoms with E-state index >= 15 is 0 Å². The van der Waals surface area contributed by atoms with Gasteiger partial charge in [0.05, 0.1) is 11.4 Å². The van der Waals surface area contributed by atoms with Crippen molar-refractivity contribution in [1.29, 1.82) is 0 Å². The largest absolute Gasteiger partial charge is 0.289 e. The summed E-state index contributed by atoms with van der Waals surface area (Å²) in [5.74, 6) is -0.486. The maximum absolute atomic E-state index is 12.8. The van der Waals surface area contributed by atoms with Gasteiger partial charge in [0.25, 0.3) is 0 Å². The number of halogens is 1. The quantitative estimate of drug-likeness (QED) is 0.635. The molecule has 0 heterocycles. The Morgan fingerprint density at radius 1 is 0.885 bits per heavy atom. The van der Waals surface area contributed by atoms with Crippen LogP contribution >= 0.6 is 11.6 Å². The van der Waals surface area contributed by atoms with Gasteiger partial charge in [-0.15, -0.1) is 0 Å². The van der Waals surface area contributed by atoms with Crippen LogP contribution in [0.3, 0.4) is 0 Å². The molecule has 1 N–H and O–H groups in total. The second-order valence-corrected chi connectivity index (χ2v) is 7.89. The Balaban J connectivity index is 1.92. The van der Waals surface area contributed by atoms with Crippen LogP contribution in [-0.4, -0.2) is 14.2 Å². The molecule has 0 atom stereocenters. The summed E-state index contributed by atoms with van der Waals surface area (Å²) in [6, 6.07) is 22.0. The molecule has 0 aliphatic rings. The van der Waals surface area contributed by atoms with Crippen molar-refractivity contribution >= 4 is 33.1 Å². The van der Waals surface area contributed by atoms with Crippen LogP contribution in [0.25, 0.3) is 0 Å². The normalized spacial score (nSPS) is 11.1. The van der Waals surface area contributed by atoms with Crippen LogP contribution in [0.4, 0.5) is 5.69 Å². The Kier molecular flexibility index (Phi) is 5.40. The van der Waals surface area contributed by atoms with Gasteiger partial charge in [-0.25, -0.2) is 8.42 Å². The van der Waals surface area contributed by atoms with Gasteiger partial charge in [-0.05, 0) is 23.8 Å². The van der Waals surface area contributed by atoms with Gasteiger partial charge in [0.15, 0.2) is 5.78 Å². The fraction of sp³-hybridized carbons (Fsp3) is 0.0500. The molecule has 4 nitrogen and oxygen atoms in total. The number of carbonyl (C=O) groups excluding carboxylic acids is 1. The molecule has 26 heavy (non-hydrogen) atoms. The number of hydrogen-bond donors (Lipinski definition) is 1. The molecule has 3 rings (SSSR count). The van der Waals surface area contributed by atoms with E-state index in [0.717, 1.165) is 0 Å². The molecule has 0 unspecified atom stereocenters. The summed E-state index contributed by atoms with van der Waals surface area (Å²) in [7, 11) is -3.68.